The van der Waals surface area contributed by atoms with Gasteiger partial charge in [0.15, 0.2) is 0 Å². The average Bonchev–Trinajstić information content (AvgIpc) is 2.27. The summed E-state index contributed by atoms with van der Waals surface area (Å²) >= 11 is 0. The summed E-state index contributed by atoms with van der Waals surface area (Å²) < 4.78 is 33.8. The molecule has 0 bridgehead atoms. The van der Waals surface area contributed by atoms with Crippen LogP contribution >= 0.6 is 0 Å². The molecule has 0 aliphatic rings. The van der Waals surface area contributed by atoms with Gasteiger partial charge in [0, 0.05) is 6.07 Å². The summed E-state index contributed by atoms with van der Waals surface area (Å²) in [5, 5.41) is 0. The predicted molar refractivity (Wildman–Crippen MR) is 49.9 cm³/mol. The number of pyridine rings is 1. The molecular formula is C9H9F2NO4. The fourth-order valence-corrected chi connectivity index (χ4v) is 1.12. The molecule has 7 heteroatoms. The first-order valence-electron chi connectivity index (χ1n) is 4.19. The Balaban J connectivity index is 3.37. The van der Waals surface area contributed by atoms with Crippen LogP contribution in [-0.2, 0) is 4.74 Å². The van der Waals surface area contributed by atoms with E-state index in [0.29, 0.717) is 0 Å². The number of halogens is 2. The highest BCUT2D eigenvalue weighted by molar-refractivity contribution is 5.89. The van der Waals surface area contributed by atoms with Crippen molar-refractivity contribution in [1.82, 2.24) is 4.98 Å². The molecule has 0 aromatic carbocycles. The molecular weight excluding hydrogens is 224 g/mol. The van der Waals surface area contributed by atoms with E-state index in [0.717, 1.165) is 20.3 Å². The van der Waals surface area contributed by atoms with Crippen LogP contribution in [0.4, 0.5) is 8.78 Å². The second-order valence-corrected chi connectivity index (χ2v) is 2.79. The van der Waals surface area contributed by atoms with E-state index in [4.69, 9.17) is 0 Å². The Morgan fingerprint density at radius 2 is 2.06 bits per heavy atom. The average molecular weight is 233 g/mol. The highest BCUT2D eigenvalue weighted by Gasteiger charge is 2.20. The van der Waals surface area contributed by atoms with Gasteiger partial charge in [0.2, 0.25) is 0 Å². The van der Waals surface area contributed by atoms with Crippen LogP contribution in [0.2, 0.25) is 0 Å². The number of carbonyl (C=O) groups excluding carboxylic acids is 1. The second kappa shape index (κ2) is 4.73. The van der Waals surface area contributed by atoms with Gasteiger partial charge in [-0.2, -0.15) is 0 Å². The SMILES string of the molecule is COC(=O)c1cc(OC)c(C(F)F)[nH]c1=O. The smallest absolute Gasteiger partial charge is 0.343 e. The molecule has 0 atom stereocenters. The molecule has 0 saturated carbocycles. The Morgan fingerprint density at radius 1 is 1.44 bits per heavy atom. The van der Waals surface area contributed by atoms with E-state index in [1.807, 2.05) is 4.98 Å². The molecule has 5 nitrogen and oxygen atoms in total. The van der Waals surface area contributed by atoms with Crippen LogP contribution in [0.1, 0.15) is 22.5 Å². The van der Waals surface area contributed by atoms with Gasteiger partial charge in [-0.1, -0.05) is 0 Å². The van der Waals surface area contributed by atoms with Gasteiger partial charge in [-0.25, -0.2) is 13.6 Å². The highest BCUT2D eigenvalue weighted by atomic mass is 19.3. The highest BCUT2D eigenvalue weighted by Crippen LogP contribution is 2.25. The number of nitrogens with one attached hydrogen (secondary N) is 1. The molecule has 88 valence electrons. The second-order valence-electron chi connectivity index (χ2n) is 2.79. The Bertz CT molecular complexity index is 455. The lowest BCUT2D eigenvalue weighted by Gasteiger charge is -2.08. The molecule has 1 aromatic heterocycles. The van der Waals surface area contributed by atoms with E-state index in [1.54, 1.807) is 0 Å². The summed E-state index contributed by atoms with van der Waals surface area (Å²) in [5.41, 5.74) is -1.99. The Morgan fingerprint density at radius 3 is 2.50 bits per heavy atom. The van der Waals surface area contributed by atoms with E-state index in [1.165, 1.54) is 0 Å². The minimum atomic E-state index is -2.89. The molecule has 1 aromatic rings. The summed E-state index contributed by atoms with van der Waals surface area (Å²) in [6.07, 6.45) is -2.89. The van der Waals surface area contributed by atoms with Gasteiger partial charge in [-0.05, 0) is 0 Å². The number of ether oxygens (including phenoxy) is 2. The number of aromatic nitrogens is 1. The van der Waals surface area contributed by atoms with Crippen LogP contribution in [0.25, 0.3) is 0 Å². The zero-order valence-corrected chi connectivity index (χ0v) is 8.54. The maximum absolute atomic E-state index is 12.4. The van der Waals surface area contributed by atoms with Crippen molar-refractivity contribution in [2.45, 2.75) is 6.43 Å². The number of hydrogen-bond acceptors (Lipinski definition) is 4. The molecule has 0 amide bonds. The van der Waals surface area contributed by atoms with Gasteiger partial charge in [-0.3, -0.25) is 4.79 Å². The summed E-state index contributed by atoms with van der Waals surface area (Å²) in [7, 11) is 2.23. The maximum atomic E-state index is 12.4. The lowest BCUT2D eigenvalue weighted by molar-refractivity contribution is 0.0597. The number of aromatic amines is 1. The molecule has 0 unspecified atom stereocenters. The first-order valence-corrected chi connectivity index (χ1v) is 4.19. The van der Waals surface area contributed by atoms with Gasteiger partial charge in [0.1, 0.15) is 17.0 Å². The maximum Gasteiger partial charge on any atom is 0.343 e. The van der Waals surface area contributed by atoms with Crippen LogP contribution in [0.15, 0.2) is 10.9 Å². The van der Waals surface area contributed by atoms with Gasteiger partial charge in [-0.15, -0.1) is 0 Å². The normalized spacial score (nSPS) is 10.3. The topological polar surface area (TPSA) is 68.4 Å². The van der Waals surface area contributed by atoms with E-state index >= 15 is 0 Å². The molecule has 0 aliphatic carbocycles. The van der Waals surface area contributed by atoms with Crippen molar-refractivity contribution in [1.29, 1.82) is 0 Å². The number of methoxy groups -OCH3 is 2. The minimum absolute atomic E-state index is 0.269. The number of esters is 1. The van der Waals surface area contributed by atoms with Crippen LogP contribution in [0.3, 0.4) is 0 Å². The van der Waals surface area contributed by atoms with Crippen molar-refractivity contribution in [2.75, 3.05) is 14.2 Å². The lowest BCUT2D eigenvalue weighted by Crippen LogP contribution is -2.20. The summed E-state index contributed by atoms with van der Waals surface area (Å²) in [6.45, 7) is 0. The molecule has 1 N–H and O–H groups in total. The Hall–Kier alpha value is -1.92. The van der Waals surface area contributed by atoms with Gasteiger partial charge < -0.3 is 14.5 Å². The predicted octanol–water partition coefficient (Wildman–Crippen LogP) is 1.11. The summed E-state index contributed by atoms with van der Waals surface area (Å²) in [5.74, 6) is -1.18. The van der Waals surface area contributed by atoms with Gasteiger partial charge >= 0.3 is 5.97 Å². The van der Waals surface area contributed by atoms with E-state index in [9.17, 15) is 18.4 Å². The molecule has 16 heavy (non-hydrogen) atoms. The fraction of sp³-hybridized carbons (Fsp3) is 0.333. The summed E-state index contributed by atoms with van der Waals surface area (Å²) in [4.78, 5) is 24.2. The standard InChI is InChI=1S/C9H9F2NO4/c1-15-5-3-4(9(14)16-2)8(13)12-6(5)7(10)11/h3,7H,1-2H3,(H,12,13). The van der Waals surface area contributed by atoms with Gasteiger partial charge in [0.25, 0.3) is 12.0 Å². The van der Waals surface area contributed by atoms with Crippen LogP contribution < -0.4 is 10.3 Å². The van der Waals surface area contributed by atoms with Crippen LogP contribution in [0, 0.1) is 0 Å². The third-order valence-electron chi connectivity index (χ3n) is 1.88. The molecule has 0 saturated heterocycles. The van der Waals surface area contributed by atoms with Gasteiger partial charge in [0.05, 0.1) is 14.2 Å². The van der Waals surface area contributed by atoms with Crippen molar-refractivity contribution >= 4 is 5.97 Å². The Kier molecular flexibility index (Phi) is 3.60. The monoisotopic (exact) mass is 233 g/mol. The minimum Gasteiger partial charge on any atom is -0.495 e. The van der Waals surface area contributed by atoms with E-state index in [2.05, 4.69) is 9.47 Å². The van der Waals surface area contributed by atoms with Crippen molar-refractivity contribution < 1.29 is 23.0 Å². The molecule has 0 spiro atoms. The lowest BCUT2D eigenvalue weighted by atomic mass is 10.2. The molecule has 0 fully saturated rings. The first kappa shape index (κ1) is 12.2. The first-order chi connectivity index (χ1) is 7.51. The summed E-state index contributed by atoms with van der Waals surface area (Å²) in [6, 6.07) is 0.923. The largest absolute Gasteiger partial charge is 0.495 e. The zero-order valence-electron chi connectivity index (χ0n) is 8.54. The number of alkyl halides is 2. The third-order valence-corrected chi connectivity index (χ3v) is 1.88. The molecule has 1 heterocycles. The third kappa shape index (κ3) is 2.18. The molecule has 0 aliphatic heterocycles. The van der Waals surface area contributed by atoms with Crippen molar-refractivity contribution in [2.24, 2.45) is 0 Å². The van der Waals surface area contributed by atoms with Crippen LogP contribution in [0.5, 0.6) is 5.75 Å². The molecule has 1 rings (SSSR count). The number of hydrogen-bond donors (Lipinski definition) is 1. The van der Waals surface area contributed by atoms with E-state index in [-0.39, 0.29) is 11.3 Å². The van der Waals surface area contributed by atoms with Crippen molar-refractivity contribution in [3.63, 3.8) is 0 Å². The number of rotatable bonds is 3. The van der Waals surface area contributed by atoms with E-state index < -0.39 is 23.6 Å². The van der Waals surface area contributed by atoms with Crippen molar-refractivity contribution in [3.8, 4) is 5.75 Å². The Labute approximate surface area is 89.0 Å². The zero-order chi connectivity index (χ0) is 12.3. The fourth-order valence-electron chi connectivity index (χ4n) is 1.12. The van der Waals surface area contributed by atoms with Crippen molar-refractivity contribution in [3.05, 3.63) is 27.7 Å². The number of carbonyl (C=O) groups is 1. The quantitative estimate of drug-likeness (QED) is 0.794. The van der Waals surface area contributed by atoms with Crippen LogP contribution in [-0.4, -0.2) is 25.2 Å². The number of H-pyrrole nitrogens is 1. The molecule has 0 radical (unpaired) electrons.